The fraction of sp³-hybridized carbons (Fsp3) is 0.609. The van der Waals surface area contributed by atoms with Gasteiger partial charge < -0.3 is 20.8 Å². The van der Waals surface area contributed by atoms with Crippen LogP contribution in [0.25, 0.3) is 10.9 Å². The van der Waals surface area contributed by atoms with E-state index in [-0.39, 0.29) is 29.0 Å². The van der Waals surface area contributed by atoms with E-state index in [4.69, 9.17) is 10.6 Å². The number of ether oxygens (including phenoxy) is 1. The maximum absolute atomic E-state index is 15.5. The normalized spacial score (nSPS) is 19.7. The maximum atomic E-state index is 15.5. The van der Waals surface area contributed by atoms with Crippen LogP contribution >= 0.6 is 0 Å². The highest BCUT2D eigenvalue weighted by Gasteiger charge is 2.33. The van der Waals surface area contributed by atoms with Crippen LogP contribution in [0.1, 0.15) is 58.6 Å². The van der Waals surface area contributed by atoms with Crippen molar-refractivity contribution < 1.29 is 13.9 Å². The van der Waals surface area contributed by atoms with Gasteiger partial charge in [0.05, 0.1) is 16.6 Å². The van der Waals surface area contributed by atoms with Gasteiger partial charge >= 0.3 is 11.8 Å². The fourth-order valence-electron chi connectivity index (χ4n) is 4.59. The number of fused-ring (bicyclic) bond motifs is 1. The monoisotopic (exact) mass is 461 g/mol. The zero-order valence-electron chi connectivity index (χ0n) is 19.8. The number of hydrogen-bond donors (Lipinski definition) is 2. The van der Waals surface area contributed by atoms with Crippen LogP contribution in [0.5, 0.6) is 0 Å². The van der Waals surface area contributed by atoms with Gasteiger partial charge in [-0.05, 0) is 65.9 Å². The Morgan fingerprint density at radius 2 is 1.94 bits per heavy atom. The number of nitrogen functional groups attached to an aromatic ring is 1. The molecule has 1 aromatic heterocycles. The number of anilines is 1. The molecule has 1 saturated carbocycles. The minimum Gasteiger partial charge on any atom is -0.444 e. The molecule has 2 atom stereocenters. The lowest BCUT2D eigenvalue weighted by molar-refractivity contribution is 0.0494. The molecule has 0 unspecified atom stereocenters. The summed E-state index contributed by atoms with van der Waals surface area (Å²) in [6.45, 7) is 9.99. The predicted octanol–water partition coefficient (Wildman–Crippen LogP) is 2.40. The molecule has 3 N–H and O–H groups in total. The molecule has 1 saturated heterocycles. The van der Waals surface area contributed by atoms with Gasteiger partial charge in [-0.1, -0.05) is 0 Å². The van der Waals surface area contributed by atoms with Gasteiger partial charge in [0.2, 0.25) is 0 Å². The Morgan fingerprint density at radius 3 is 2.55 bits per heavy atom. The second-order valence-corrected chi connectivity index (χ2v) is 10.2. The molecule has 1 aliphatic heterocycles. The average Bonchev–Trinajstić information content (AvgIpc) is 3.42. The molecule has 1 aliphatic carbocycles. The van der Waals surface area contributed by atoms with Crippen LogP contribution in [-0.4, -0.2) is 40.1 Å². The first-order valence-electron chi connectivity index (χ1n) is 11.4. The average molecular weight is 462 g/mol. The van der Waals surface area contributed by atoms with E-state index in [2.05, 4.69) is 5.32 Å². The maximum Gasteiger partial charge on any atom is 0.407 e. The third kappa shape index (κ3) is 4.30. The number of carbonyl (C=O) groups is 1. The first kappa shape index (κ1) is 23.1. The van der Waals surface area contributed by atoms with E-state index in [0.29, 0.717) is 29.0 Å². The minimum absolute atomic E-state index is 0.0301. The summed E-state index contributed by atoms with van der Waals surface area (Å²) in [5.74, 6) is 5.32. The standard InChI is InChI=1S/C23H32FN5O4/c1-12-18-16(28(15-6-7-15)22(32)29(25)20(18)30)10-17(19(12)24)27-9-8-14(11-27)13(2)26-21(31)33-23(3,4)5/h10,13-15H,6-9,11,25H2,1-5H3,(H,26,31)/t13-,14+/m0/s1. The highest BCUT2D eigenvalue weighted by molar-refractivity contribution is 5.86. The van der Waals surface area contributed by atoms with E-state index in [1.54, 1.807) is 33.8 Å². The van der Waals surface area contributed by atoms with Gasteiger partial charge in [0.15, 0.2) is 0 Å². The minimum atomic E-state index is -0.690. The number of aryl methyl sites for hydroxylation is 1. The van der Waals surface area contributed by atoms with Crippen molar-refractivity contribution in [2.45, 2.75) is 71.6 Å². The number of hydrogen-bond acceptors (Lipinski definition) is 6. The van der Waals surface area contributed by atoms with Crippen molar-refractivity contribution >= 4 is 22.7 Å². The van der Waals surface area contributed by atoms with Crippen molar-refractivity contribution in [3.63, 3.8) is 0 Å². The number of halogens is 1. The second-order valence-electron chi connectivity index (χ2n) is 10.2. The first-order chi connectivity index (χ1) is 15.4. The second kappa shape index (κ2) is 8.07. The van der Waals surface area contributed by atoms with Crippen LogP contribution in [0.15, 0.2) is 15.7 Å². The van der Waals surface area contributed by atoms with Gasteiger partial charge in [0.25, 0.3) is 5.56 Å². The number of benzene rings is 1. The molecule has 2 aliphatic rings. The van der Waals surface area contributed by atoms with Gasteiger partial charge in [0.1, 0.15) is 11.4 Å². The Hall–Kier alpha value is -3.04. The highest BCUT2D eigenvalue weighted by atomic mass is 19.1. The van der Waals surface area contributed by atoms with E-state index in [1.165, 1.54) is 4.57 Å². The molecule has 0 radical (unpaired) electrons. The molecule has 33 heavy (non-hydrogen) atoms. The quantitative estimate of drug-likeness (QED) is 0.677. The van der Waals surface area contributed by atoms with Gasteiger partial charge in [-0.3, -0.25) is 9.36 Å². The number of amides is 1. The van der Waals surface area contributed by atoms with Crippen molar-refractivity contribution in [2.75, 3.05) is 23.8 Å². The Labute approximate surface area is 191 Å². The largest absolute Gasteiger partial charge is 0.444 e. The summed E-state index contributed by atoms with van der Waals surface area (Å²) in [6.07, 6.45) is 1.91. The summed E-state index contributed by atoms with van der Waals surface area (Å²) < 4.78 is 22.9. The summed E-state index contributed by atoms with van der Waals surface area (Å²) >= 11 is 0. The zero-order valence-corrected chi connectivity index (χ0v) is 19.8. The van der Waals surface area contributed by atoms with Crippen molar-refractivity contribution in [1.82, 2.24) is 14.6 Å². The van der Waals surface area contributed by atoms with Crippen LogP contribution in [0.3, 0.4) is 0 Å². The molecule has 9 nitrogen and oxygen atoms in total. The van der Waals surface area contributed by atoms with Crippen LogP contribution < -0.4 is 27.3 Å². The van der Waals surface area contributed by atoms with E-state index in [1.807, 2.05) is 11.8 Å². The van der Waals surface area contributed by atoms with Crippen LogP contribution in [0.4, 0.5) is 14.9 Å². The fourth-order valence-corrected chi connectivity index (χ4v) is 4.59. The Bertz CT molecular complexity index is 1220. The van der Waals surface area contributed by atoms with Gasteiger partial charge in [0, 0.05) is 30.7 Å². The number of nitrogens with two attached hydrogens (primary N) is 1. The zero-order chi connectivity index (χ0) is 24.2. The summed E-state index contributed by atoms with van der Waals surface area (Å²) in [5.41, 5.74) is -0.895. The Kier molecular flexibility index (Phi) is 5.66. The molecular weight excluding hydrogens is 429 g/mol. The third-order valence-corrected chi connectivity index (χ3v) is 6.49. The molecule has 1 amide bonds. The van der Waals surface area contributed by atoms with Crippen LogP contribution in [0.2, 0.25) is 0 Å². The molecule has 1 aromatic carbocycles. The van der Waals surface area contributed by atoms with Crippen LogP contribution in [0, 0.1) is 18.7 Å². The number of carbonyl (C=O) groups excluding carboxylic acids is 1. The van der Waals surface area contributed by atoms with Gasteiger partial charge in [-0.25, -0.2) is 14.0 Å². The smallest absolute Gasteiger partial charge is 0.407 e. The van der Waals surface area contributed by atoms with Crippen molar-refractivity contribution in [2.24, 2.45) is 5.92 Å². The molecule has 0 bridgehead atoms. The van der Waals surface area contributed by atoms with Crippen molar-refractivity contribution in [3.05, 3.63) is 38.3 Å². The number of rotatable bonds is 4. The molecule has 2 fully saturated rings. The molecule has 2 aromatic rings. The van der Waals surface area contributed by atoms with Gasteiger partial charge in [-0.2, -0.15) is 4.68 Å². The Balaban J connectivity index is 1.64. The third-order valence-electron chi connectivity index (χ3n) is 6.49. The lowest BCUT2D eigenvalue weighted by atomic mass is 10.0. The van der Waals surface area contributed by atoms with E-state index in [9.17, 15) is 14.4 Å². The molecule has 2 heterocycles. The number of nitrogens with one attached hydrogen (secondary N) is 1. The number of aromatic nitrogens is 2. The number of alkyl carbamates (subject to hydrolysis) is 1. The molecule has 0 spiro atoms. The summed E-state index contributed by atoms with van der Waals surface area (Å²) in [7, 11) is 0. The van der Waals surface area contributed by atoms with Gasteiger partial charge in [-0.15, -0.1) is 0 Å². The SMILES string of the molecule is Cc1c(F)c(N2CC[C@@H]([C@H](C)NC(=O)OC(C)(C)C)C2)cc2c1c(=O)n(N)c(=O)n2C1CC1. The summed E-state index contributed by atoms with van der Waals surface area (Å²) in [6, 6.07) is 1.41. The van der Waals surface area contributed by atoms with E-state index >= 15 is 4.39 Å². The molecule has 4 rings (SSSR count). The Morgan fingerprint density at radius 1 is 1.27 bits per heavy atom. The molecule has 10 heteroatoms. The highest BCUT2D eigenvalue weighted by Crippen LogP contribution is 2.38. The molecule has 180 valence electrons. The van der Waals surface area contributed by atoms with E-state index < -0.39 is 28.8 Å². The summed E-state index contributed by atoms with van der Waals surface area (Å²) in [5, 5.41) is 3.01. The van der Waals surface area contributed by atoms with Crippen molar-refractivity contribution in [3.8, 4) is 0 Å². The van der Waals surface area contributed by atoms with E-state index in [0.717, 1.165) is 19.3 Å². The van der Waals surface area contributed by atoms with Crippen LogP contribution in [-0.2, 0) is 4.74 Å². The number of nitrogens with zero attached hydrogens (tertiary/aromatic N) is 3. The lowest BCUT2D eigenvalue weighted by Gasteiger charge is -2.26. The molecular formula is C23H32FN5O4. The summed E-state index contributed by atoms with van der Waals surface area (Å²) in [4.78, 5) is 39.4. The topological polar surface area (TPSA) is 112 Å². The first-order valence-corrected chi connectivity index (χ1v) is 11.4. The van der Waals surface area contributed by atoms with Crippen molar-refractivity contribution in [1.29, 1.82) is 0 Å². The predicted molar refractivity (Wildman–Crippen MR) is 125 cm³/mol. The lowest BCUT2D eigenvalue weighted by Crippen LogP contribution is -2.45.